The molecule has 2 aliphatic rings. The molecule has 2 aliphatic carbocycles. The van der Waals surface area contributed by atoms with Gasteiger partial charge in [0.25, 0.3) is 0 Å². The average molecular weight is 149 g/mol. The zero-order chi connectivity index (χ0) is 7.68. The lowest BCUT2D eigenvalue weighted by atomic mass is 9.92. The minimum absolute atomic E-state index is 0.152. The van der Waals surface area contributed by atoms with Crippen molar-refractivity contribution in [1.82, 2.24) is 0 Å². The van der Waals surface area contributed by atoms with Gasteiger partial charge in [0, 0.05) is 4.91 Å². The third-order valence-corrected chi connectivity index (χ3v) is 2.76. The van der Waals surface area contributed by atoms with E-state index in [-0.39, 0.29) is 6.04 Å². The fourth-order valence-corrected chi connectivity index (χ4v) is 2.16. The maximum absolute atomic E-state index is 8.27. The summed E-state index contributed by atoms with van der Waals surface area (Å²) < 4.78 is 0. The maximum atomic E-state index is 8.27. The van der Waals surface area contributed by atoms with Crippen LogP contribution in [0, 0.1) is 11.8 Å². The Morgan fingerprint density at radius 1 is 1.36 bits per heavy atom. The summed E-state index contributed by atoms with van der Waals surface area (Å²) in [7, 11) is 0. The van der Waals surface area contributed by atoms with Gasteiger partial charge in [-0.15, -0.1) is 0 Å². The van der Waals surface area contributed by atoms with E-state index in [1.165, 1.54) is 19.3 Å². The molecule has 0 saturated heterocycles. The van der Waals surface area contributed by atoms with Crippen molar-refractivity contribution in [3.05, 3.63) is 22.6 Å². The second-order valence-electron chi connectivity index (χ2n) is 3.41. The van der Waals surface area contributed by atoms with Crippen molar-refractivity contribution in [3.8, 4) is 0 Å². The van der Waals surface area contributed by atoms with Gasteiger partial charge >= 0.3 is 0 Å². The van der Waals surface area contributed by atoms with E-state index in [2.05, 4.69) is 22.2 Å². The van der Waals surface area contributed by atoms with Gasteiger partial charge in [-0.1, -0.05) is 17.3 Å². The van der Waals surface area contributed by atoms with Crippen molar-refractivity contribution in [3.63, 3.8) is 0 Å². The Morgan fingerprint density at radius 2 is 2.27 bits per heavy atom. The summed E-state index contributed by atoms with van der Waals surface area (Å²) in [6.45, 7) is 0. The predicted octanol–water partition coefficient (Wildman–Crippen LogP) is 2.65. The van der Waals surface area contributed by atoms with Crippen molar-refractivity contribution in [2.24, 2.45) is 17.0 Å². The van der Waals surface area contributed by atoms with Crippen molar-refractivity contribution < 1.29 is 0 Å². The molecule has 0 unspecified atom stereocenters. The van der Waals surface area contributed by atoms with Gasteiger partial charge < -0.3 is 0 Å². The molecule has 3 nitrogen and oxygen atoms in total. The van der Waals surface area contributed by atoms with Gasteiger partial charge in [-0.3, -0.25) is 0 Å². The molecule has 0 N–H and O–H groups in total. The molecule has 2 rings (SSSR count). The van der Waals surface area contributed by atoms with Gasteiger partial charge in [-0.2, -0.15) is 0 Å². The summed E-state index contributed by atoms with van der Waals surface area (Å²) in [6, 6.07) is 0.152. The van der Waals surface area contributed by atoms with Crippen LogP contribution in [0.1, 0.15) is 19.3 Å². The quantitative estimate of drug-likeness (QED) is 0.238. The lowest BCUT2D eigenvalue weighted by Gasteiger charge is -2.18. The van der Waals surface area contributed by atoms with Crippen LogP contribution in [0.3, 0.4) is 0 Å². The van der Waals surface area contributed by atoms with E-state index in [0.29, 0.717) is 5.92 Å². The molecule has 3 heteroatoms. The first-order chi connectivity index (χ1) is 5.40. The van der Waals surface area contributed by atoms with Crippen LogP contribution in [0.25, 0.3) is 10.4 Å². The predicted molar refractivity (Wildman–Crippen MR) is 42.9 cm³/mol. The number of allylic oxidation sites excluding steroid dienone is 1. The number of azide groups is 1. The number of hydrogen-bond acceptors (Lipinski definition) is 1. The molecular weight excluding hydrogens is 138 g/mol. The maximum Gasteiger partial charge on any atom is 0.0583 e. The standard InChI is InChI=1S/C8H11N3/c9-11-10-8-4-2-6-1-3-7(8)5-6/h2,4,6-8H,1,3,5H2/t6-,7-,8-/m1/s1. The molecule has 2 bridgehead atoms. The molecule has 0 aliphatic heterocycles. The van der Waals surface area contributed by atoms with Crippen LogP contribution in [0.5, 0.6) is 0 Å². The molecule has 1 fully saturated rings. The van der Waals surface area contributed by atoms with Crippen LogP contribution in [0.15, 0.2) is 17.3 Å². The van der Waals surface area contributed by atoms with E-state index in [1.807, 2.05) is 0 Å². The van der Waals surface area contributed by atoms with Gasteiger partial charge in [0.15, 0.2) is 0 Å². The third kappa shape index (κ3) is 1.12. The lowest BCUT2D eigenvalue weighted by molar-refractivity contribution is 0.460. The first-order valence-corrected chi connectivity index (χ1v) is 4.12. The Labute approximate surface area is 65.7 Å². The van der Waals surface area contributed by atoms with Crippen molar-refractivity contribution >= 4 is 0 Å². The zero-order valence-electron chi connectivity index (χ0n) is 6.35. The first-order valence-electron chi connectivity index (χ1n) is 4.12. The highest BCUT2D eigenvalue weighted by atomic mass is 15.1. The minimum Gasteiger partial charge on any atom is -0.0863 e. The van der Waals surface area contributed by atoms with E-state index in [1.54, 1.807) is 0 Å². The van der Waals surface area contributed by atoms with Crippen molar-refractivity contribution in [2.75, 3.05) is 0 Å². The molecule has 0 aromatic heterocycles. The summed E-state index contributed by atoms with van der Waals surface area (Å²) in [5, 5.41) is 3.76. The fraction of sp³-hybridized carbons (Fsp3) is 0.750. The van der Waals surface area contributed by atoms with Crippen LogP contribution in [-0.4, -0.2) is 6.04 Å². The molecular formula is C8H11N3. The Balaban J connectivity index is 2.18. The normalized spacial score (nSPS) is 40.2. The molecule has 0 radical (unpaired) electrons. The molecule has 58 valence electrons. The highest BCUT2D eigenvalue weighted by Gasteiger charge is 2.31. The second kappa shape index (κ2) is 2.59. The van der Waals surface area contributed by atoms with Crippen molar-refractivity contribution in [2.45, 2.75) is 25.3 Å². The van der Waals surface area contributed by atoms with Gasteiger partial charge in [-0.05, 0) is 36.6 Å². The molecule has 3 atom stereocenters. The highest BCUT2D eigenvalue weighted by molar-refractivity contribution is 5.08. The number of fused-ring (bicyclic) bond motifs is 2. The summed E-state index contributed by atoms with van der Waals surface area (Å²) >= 11 is 0. The molecule has 0 spiro atoms. The molecule has 0 amide bonds. The SMILES string of the molecule is [N-]=[N+]=N[C@@H]1C=C[C@H]2CC[C@@H]1C2. The van der Waals surface area contributed by atoms with E-state index < -0.39 is 0 Å². The van der Waals surface area contributed by atoms with E-state index in [0.717, 1.165) is 5.92 Å². The molecule has 11 heavy (non-hydrogen) atoms. The monoisotopic (exact) mass is 149 g/mol. The topological polar surface area (TPSA) is 48.8 Å². The number of hydrogen-bond donors (Lipinski definition) is 0. The van der Waals surface area contributed by atoms with Gasteiger partial charge in [-0.25, -0.2) is 0 Å². The lowest BCUT2D eigenvalue weighted by Crippen LogP contribution is -2.15. The average Bonchev–Trinajstić information content (AvgIpc) is 2.40. The Kier molecular flexibility index (Phi) is 1.59. The summed E-state index contributed by atoms with van der Waals surface area (Å²) in [4.78, 5) is 2.85. The number of rotatable bonds is 1. The first kappa shape index (κ1) is 6.74. The van der Waals surface area contributed by atoms with Crippen LogP contribution < -0.4 is 0 Å². The number of nitrogens with zero attached hydrogens (tertiary/aromatic N) is 3. The third-order valence-electron chi connectivity index (χ3n) is 2.76. The molecule has 0 aromatic rings. The van der Waals surface area contributed by atoms with E-state index >= 15 is 0 Å². The van der Waals surface area contributed by atoms with Crippen molar-refractivity contribution in [1.29, 1.82) is 0 Å². The second-order valence-corrected chi connectivity index (χ2v) is 3.41. The van der Waals surface area contributed by atoms with Crippen LogP contribution in [-0.2, 0) is 0 Å². The van der Waals surface area contributed by atoms with E-state index in [9.17, 15) is 0 Å². The zero-order valence-corrected chi connectivity index (χ0v) is 6.35. The van der Waals surface area contributed by atoms with Gasteiger partial charge in [0.2, 0.25) is 0 Å². The largest absolute Gasteiger partial charge is 0.0863 e. The highest BCUT2D eigenvalue weighted by Crippen LogP contribution is 2.39. The van der Waals surface area contributed by atoms with Gasteiger partial charge in [0.05, 0.1) is 6.04 Å². The Morgan fingerprint density at radius 3 is 3.09 bits per heavy atom. The fourth-order valence-electron chi connectivity index (χ4n) is 2.16. The Bertz CT molecular complexity index is 227. The van der Waals surface area contributed by atoms with E-state index in [4.69, 9.17) is 5.53 Å². The summed E-state index contributed by atoms with van der Waals surface area (Å²) in [6.07, 6.45) is 8.05. The van der Waals surface area contributed by atoms with Crippen LogP contribution in [0.2, 0.25) is 0 Å². The molecule has 0 aromatic carbocycles. The minimum atomic E-state index is 0.152. The summed E-state index contributed by atoms with van der Waals surface area (Å²) in [5.41, 5.74) is 8.27. The smallest absolute Gasteiger partial charge is 0.0583 e. The Hall–Kier alpha value is -0.950. The molecule has 0 heterocycles. The van der Waals surface area contributed by atoms with Crippen LogP contribution >= 0.6 is 0 Å². The summed E-state index contributed by atoms with van der Waals surface area (Å²) in [5.74, 6) is 1.42. The molecule has 1 saturated carbocycles. The van der Waals surface area contributed by atoms with Crippen LogP contribution in [0.4, 0.5) is 0 Å². The van der Waals surface area contributed by atoms with Gasteiger partial charge in [0.1, 0.15) is 0 Å².